The summed E-state index contributed by atoms with van der Waals surface area (Å²) in [7, 11) is 0. The average molecular weight is 721 g/mol. The zero-order chi connectivity index (χ0) is 32.3. The molecule has 45 heavy (non-hydrogen) atoms. The summed E-state index contributed by atoms with van der Waals surface area (Å²) in [5.41, 5.74) is -0.512. The van der Waals surface area contributed by atoms with Crippen molar-refractivity contribution in [2.24, 2.45) is 0 Å². The molecule has 0 unspecified atom stereocenters. The molecule has 236 valence electrons. The predicted octanol–water partition coefficient (Wildman–Crippen LogP) is 7.41. The van der Waals surface area contributed by atoms with Gasteiger partial charge in [0.05, 0.1) is 6.04 Å². The number of amides is 3. The number of nitrogens with one attached hydrogen (secondary N) is 2. The number of fused-ring (bicyclic) bond motifs is 2. The Morgan fingerprint density at radius 2 is 1.73 bits per heavy atom. The predicted molar refractivity (Wildman–Crippen MR) is 171 cm³/mol. The normalized spacial score (nSPS) is 24.2. The fourth-order valence-corrected chi connectivity index (χ4v) is 7.59. The number of carbonyl (C=O) groups excluding carboxylic acids is 3. The van der Waals surface area contributed by atoms with Crippen LogP contribution in [0.1, 0.15) is 61.8 Å². The molecule has 2 saturated heterocycles. The van der Waals surface area contributed by atoms with Crippen LogP contribution >= 0.6 is 39.1 Å². The fraction of sp³-hybridized carbons (Fsp3) is 0.364. The van der Waals surface area contributed by atoms with Gasteiger partial charge in [-0.3, -0.25) is 14.4 Å². The van der Waals surface area contributed by atoms with Gasteiger partial charge in [0.2, 0.25) is 11.8 Å². The first-order valence-electron chi connectivity index (χ1n) is 14.5. The molecule has 2 fully saturated rings. The van der Waals surface area contributed by atoms with Gasteiger partial charge in [0, 0.05) is 64.0 Å². The van der Waals surface area contributed by atoms with Crippen LogP contribution in [0.15, 0.2) is 65.1 Å². The quantitative estimate of drug-likeness (QED) is 0.288. The second-order valence-corrected chi connectivity index (χ2v) is 14.1. The maximum Gasteiger partial charge on any atom is 0.266 e. The van der Waals surface area contributed by atoms with Gasteiger partial charge in [-0.15, -0.1) is 0 Å². The van der Waals surface area contributed by atoms with Crippen molar-refractivity contribution >= 4 is 62.5 Å². The van der Waals surface area contributed by atoms with Crippen LogP contribution in [0.3, 0.4) is 0 Å². The largest absolute Gasteiger partial charge is 0.478 e. The molecule has 3 aromatic rings. The maximum absolute atomic E-state index is 14.4. The molecular formula is C33H30BrCl2F2N3O4. The molecule has 12 heteroatoms. The van der Waals surface area contributed by atoms with Crippen molar-refractivity contribution in [1.82, 2.24) is 10.2 Å². The molecule has 1 spiro atoms. The highest BCUT2D eigenvalue weighted by molar-refractivity contribution is 9.10. The third kappa shape index (κ3) is 5.70. The number of benzene rings is 3. The molecule has 3 atom stereocenters. The minimum Gasteiger partial charge on any atom is -0.478 e. The Labute approximate surface area is 277 Å². The number of anilines is 1. The van der Waals surface area contributed by atoms with Gasteiger partial charge in [-0.1, -0.05) is 57.3 Å². The zero-order valence-electron chi connectivity index (χ0n) is 24.4. The van der Waals surface area contributed by atoms with Crippen molar-refractivity contribution in [2.45, 2.75) is 62.0 Å². The van der Waals surface area contributed by atoms with Crippen molar-refractivity contribution in [3.8, 4) is 5.75 Å². The molecule has 6 rings (SSSR count). The third-order valence-electron chi connectivity index (χ3n) is 8.95. The van der Waals surface area contributed by atoms with E-state index < -0.39 is 47.6 Å². The number of nitrogens with zero attached hydrogens (tertiary/aromatic N) is 1. The Balaban J connectivity index is 1.48. The van der Waals surface area contributed by atoms with Crippen molar-refractivity contribution in [3.05, 3.63) is 91.9 Å². The number of piperidine rings is 2. The lowest BCUT2D eigenvalue weighted by molar-refractivity contribution is -0.151. The smallest absolute Gasteiger partial charge is 0.266 e. The van der Waals surface area contributed by atoms with Crippen molar-refractivity contribution < 1.29 is 27.9 Å². The topological polar surface area (TPSA) is 87.7 Å². The van der Waals surface area contributed by atoms with Gasteiger partial charge in [0.1, 0.15) is 11.2 Å². The molecule has 3 aromatic carbocycles. The van der Waals surface area contributed by atoms with E-state index in [1.807, 2.05) is 6.07 Å². The average Bonchev–Trinajstić information content (AvgIpc) is 3.25. The van der Waals surface area contributed by atoms with Crippen LogP contribution in [0, 0.1) is 0 Å². The van der Waals surface area contributed by atoms with Crippen molar-refractivity contribution in [1.29, 1.82) is 0 Å². The number of hydrogen-bond acceptors (Lipinski definition) is 4. The molecule has 7 nitrogen and oxygen atoms in total. The summed E-state index contributed by atoms with van der Waals surface area (Å²) in [5.74, 6) is -4.27. The molecular weight excluding hydrogens is 691 g/mol. The molecule has 3 amide bonds. The minimum atomic E-state index is -2.81. The molecule has 0 aliphatic carbocycles. The summed E-state index contributed by atoms with van der Waals surface area (Å²) in [6, 6.07) is 16.5. The van der Waals surface area contributed by atoms with Gasteiger partial charge in [-0.25, -0.2) is 8.78 Å². The van der Waals surface area contributed by atoms with Crippen LogP contribution in [0.5, 0.6) is 5.75 Å². The first-order valence-corrected chi connectivity index (χ1v) is 16.1. The van der Waals surface area contributed by atoms with Crippen LogP contribution in [0.25, 0.3) is 0 Å². The third-order valence-corrected chi connectivity index (χ3v) is 9.91. The van der Waals surface area contributed by atoms with E-state index in [0.29, 0.717) is 36.9 Å². The molecule has 3 aliphatic rings. The van der Waals surface area contributed by atoms with Crippen LogP contribution < -0.4 is 15.4 Å². The van der Waals surface area contributed by atoms with Gasteiger partial charge in [0.25, 0.3) is 11.8 Å². The molecule has 3 heterocycles. The summed E-state index contributed by atoms with van der Waals surface area (Å²) < 4.78 is 34.7. The van der Waals surface area contributed by atoms with E-state index in [2.05, 4.69) is 26.6 Å². The highest BCUT2D eigenvalue weighted by Crippen LogP contribution is 2.59. The van der Waals surface area contributed by atoms with Crippen LogP contribution in [0.2, 0.25) is 10.0 Å². The summed E-state index contributed by atoms with van der Waals surface area (Å²) in [6.07, 6.45) is -0.836. The number of likely N-dealkylation sites (tertiary alicyclic amines) is 1. The second kappa shape index (κ2) is 11.5. The summed E-state index contributed by atoms with van der Waals surface area (Å²) in [5, 5.41) is 6.97. The second-order valence-electron chi connectivity index (χ2n) is 12.3. The Hall–Kier alpha value is -3.21. The molecule has 0 saturated carbocycles. The highest BCUT2D eigenvalue weighted by atomic mass is 79.9. The van der Waals surface area contributed by atoms with E-state index in [0.717, 1.165) is 0 Å². The summed E-state index contributed by atoms with van der Waals surface area (Å²) >= 11 is 16.3. The number of ether oxygens (including phenoxy) is 1. The number of hydrogen-bond donors (Lipinski definition) is 2. The number of alkyl halides is 2. The molecule has 2 N–H and O–H groups in total. The van der Waals surface area contributed by atoms with Gasteiger partial charge in [-0.05, 0) is 67.4 Å². The van der Waals surface area contributed by atoms with Crippen molar-refractivity contribution in [2.75, 3.05) is 18.4 Å². The molecule has 0 radical (unpaired) electrons. The molecule has 0 bridgehead atoms. The van der Waals surface area contributed by atoms with Crippen LogP contribution in [-0.4, -0.2) is 47.2 Å². The van der Waals surface area contributed by atoms with Crippen LogP contribution in [-0.2, 0) is 19.8 Å². The highest BCUT2D eigenvalue weighted by Gasteiger charge is 2.61. The fourth-order valence-electron chi connectivity index (χ4n) is 6.84. The summed E-state index contributed by atoms with van der Waals surface area (Å²) in [4.78, 5) is 42.9. The minimum absolute atomic E-state index is 0.0000945. The van der Waals surface area contributed by atoms with Gasteiger partial charge < -0.3 is 20.3 Å². The van der Waals surface area contributed by atoms with Crippen LogP contribution in [0.4, 0.5) is 14.5 Å². The van der Waals surface area contributed by atoms with E-state index in [4.69, 9.17) is 27.9 Å². The Kier molecular flexibility index (Phi) is 8.15. The van der Waals surface area contributed by atoms with Gasteiger partial charge in [0.15, 0.2) is 5.60 Å². The first-order chi connectivity index (χ1) is 21.2. The van der Waals surface area contributed by atoms with E-state index in [-0.39, 0.29) is 37.1 Å². The monoisotopic (exact) mass is 719 g/mol. The van der Waals surface area contributed by atoms with Gasteiger partial charge >= 0.3 is 0 Å². The SMILES string of the molecule is CC(C)(Oc1ccc(Br)cc1[C@H]1NC(=O)C[C@@H](c2cccc(Cl)c2)[C@]12C(=O)Nc1cc(Cl)ccc12)C(=O)N1CCC(F)(F)CC1. The van der Waals surface area contributed by atoms with E-state index in [1.54, 1.807) is 68.4 Å². The standard InChI is InChI=1S/C33H30BrCl2F2N3O4/c1-31(2,30(44)41-12-10-32(37,38)11-13-41)45-26-9-6-19(34)15-22(26)28-33(23-8-7-21(36)16-25(23)39-29(33)43)24(17-27(42)40-28)18-4-3-5-20(35)14-18/h3-9,14-16,24,28H,10-13,17H2,1-2H3,(H,39,43)(H,40,42)/t24-,28+,33-/m0/s1. The zero-order valence-corrected chi connectivity index (χ0v) is 27.5. The lowest BCUT2D eigenvalue weighted by Gasteiger charge is -2.47. The number of halogens is 5. The van der Waals surface area contributed by atoms with E-state index >= 15 is 0 Å². The maximum atomic E-state index is 14.4. The van der Waals surface area contributed by atoms with E-state index in [9.17, 15) is 23.2 Å². The molecule has 3 aliphatic heterocycles. The lowest BCUT2D eigenvalue weighted by Crippen LogP contribution is -2.57. The first kappa shape index (κ1) is 31.8. The Morgan fingerprint density at radius 1 is 1.02 bits per heavy atom. The Bertz CT molecular complexity index is 1710. The number of rotatable bonds is 5. The summed E-state index contributed by atoms with van der Waals surface area (Å²) in [6.45, 7) is 2.98. The lowest BCUT2D eigenvalue weighted by atomic mass is 9.59. The van der Waals surface area contributed by atoms with Gasteiger partial charge in [-0.2, -0.15) is 0 Å². The molecule has 0 aromatic heterocycles. The van der Waals surface area contributed by atoms with E-state index in [1.165, 1.54) is 4.90 Å². The number of carbonyl (C=O) groups is 3. The van der Waals surface area contributed by atoms with Crippen molar-refractivity contribution in [3.63, 3.8) is 0 Å². The Morgan fingerprint density at radius 3 is 2.44 bits per heavy atom.